The molecule has 0 aliphatic heterocycles. The van der Waals surface area contributed by atoms with Crippen molar-refractivity contribution in [2.24, 2.45) is 0 Å². The number of halogens is 3. The Labute approximate surface area is 123 Å². The molecule has 0 saturated carbocycles. The molecule has 1 aromatic heterocycles. The smallest absolute Gasteiger partial charge is 0.416 e. The molecule has 1 aromatic carbocycles. The van der Waals surface area contributed by atoms with E-state index in [-0.39, 0.29) is 12.4 Å². The third kappa shape index (κ3) is 4.24. The number of aromatic nitrogens is 2. The number of H-pyrrole nitrogens is 1. The number of aromatic amines is 1. The van der Waals surface area contributed by atoms with E-state index in [1.807, 2.05) is 0 Å². The molecule has 0 spiro atoms. The highest BCUT2D eigenvalue weighted by molar-refractivity contribution is 5.30. The molecule has 0 radical (unpaired) electrons. The number of ether oxygens (including phenoxy) is 1. The van der Waals surface area contributed by atoms with E-state index in [9.17, 15) is 23.1 Å². The second-order valence-electron chi connectivity index (χ2n) is 4.55. The highest BCUT2D eigenvalue weighted by Gasteiger charge is 2.30. The van der Waals surface area contributed by atoms with Crippen LogP contribution >= 0.6 is 0 Å². The van der Waals surface area contributed by atoms with Gasteiger partial charge in [0.15, 0.2) is 5.75 Å². The van der Waals surface area contributed by atoms with Gasteiger partial charge >= 0.3 is 11.7 Å². The number of aryl methyl sites for hydroxylation is 1. The maximum atomic E-state index is 12.5. The summed E-state index contributed by atoms with van der Waals surface area (Å²) in [6.45, 7) is 0.183. The standard InChI is InChI=1S/C14H13F3N2O3/c15-14(16,17)9-3-1-5-11(7-9)22-6-2-4-10-8-12(20)13(21)19-18-10/h1,3,5,7-8H,2,4,6H2,(H,18,20)(H,19,21). The fourth-order valence-corrected chi connectivity index (χ4v) is 1.77. The van der Waals surface area contributed by atoms with Crippen molar-refractivity contribution >= 4 is 0 Å². The van der Waals surface area contributed by atoms with E-state index in [4.69, 9.17) is 4.74 Å². The van der Waals surface area contributed by atoms with Gasteiger partial charge in [-0.05, 0) is 31.0 Å². The Morgan fingerprint density at radius 1 is 1.27 bits per heavy atom. The summed E-state index contributed by atoms with van der Waals surface area (Å²) in [5, 5.41) is 15.1. The zero-order valence-corrected chi connectivity index (χ0v) is 11.4. The average molecular weight is 314 g/mol. The monoisotopic (exact) mass is 314 g/mol. The summed E-state index contributed by atoms with van der Waals surface area (Å²) in [5.41, 5.74) is -0.981. The highest BCUT2D eigenvalue weighted by Crippen LogP contribution is 2.31. The van der Waals surface area contributed by atoms with E-state index in [0.29, 0.717) is 18.5 Å². The van der Waals surface area contributed by atoms with Crippen LogP contribution < -0.4 is 10.3 Å². The number of rotatable bonds is 5. The van der Waals surface area contributed by atoms with Crippen LogP contribution in [-0.2, 0) is 12.6 Å². The zero-order chi connectivity index (χ0) is 16.2. The first-order valence-corrected chi connectivity index (χ1v) is 6.44. The molecule has 2 aromatic rings. The van der Waals surface area contributed by atoms with Crippen molar-refractivity contribution in [3.05, 3.63) is 51.9 Å². The Balaban J connectivity index is 1.86. The average Bonchev–Trinajstić information content (AvgIpc) is 2.47. The Morgan fingerprint density at radius 3 is 2.73 bits per heavy atom. The van der Waals surface area contributed by atoms with Crippen LogP contribution in [-0.4, -0.2) is 21.9 Å². The molecular formula is C14H13F3N2O3. The molecule has 0 fully saturated rings. The fraction of sp³-hybridized carbons (Fsp3) is 0.286. The van der Waals surface area contributed by atoms with Gasteiger partial charge in [-0.2, -0.15) is 18.3 Å². The molecule has 0 atom stereocenters. The van der Waals surface area contributed by atoms with Gasteiger partial charge in [-0.25, -0.2) is 5.10 Å². The van der Waals surface area contributed by atoms with Gasteiger partial charge < -0.3 is 9.84 Å². The van der Waals surface area contributed by atoms with Gasteiger partial charge in [-0.3, -0.25) is 4.79 Å². The van der Waals surface area contributed by atoms with Gasteiger partial charge in [0.2, 0.25) is 0 Å². The van der Waals surface area contributed by atoms with Crippen molar-refractivity contribution < 1.29 is 23.0 Å². The van der Waals surface area contributed by atoms with Gasteiger partial charge in [-0.1, -0.05) is 6.07 Å². The number of nitrogens with zero attached hydrogens (tertiary/aromatic N) is 1. The molecule has 0 aliphatic rings. The molecule has 0 saturated heterocycles. The maximum Gasteiger partial charge on any atom is 0.416 e. The Morgan fingerprint density at radius 2 is 2.05 bits per heavy atom. The minimum absolute atomic E-state index is 0.132. The summed E-state index contributed by atoms with van der Waals surface area (Å²) in [7, 11) is 0. The van der Waals surface area contributed by atoms with Gasteiger partial charge in [-0.15, -0.1) is 0 Å². The molecule has 2 rings (SSSR count). The van der Waals surface area contributed by atoms with E-state index in [1.165, 1.54) is 18.2 Å². The lowest BCUT2D eigenvalue weighted by atomic mass is 10.2. The van der Waals surface area contributed by atoms with Crippen LogP contribution in [0.1, 0.15) is 17.7 Å². The zero-order valence-electron chi connectivity index (χ0n) is 11.4. The van der Waals surface area contributed by atoms with Crippen molar-refractivity contribution in [1.82, 2.24) is 10.2 Å². The molecule has 118 valence electrons. The Bertz CT molecular complexity index is 698. The lowest BCUT2D eigenvalue weighted by molar-refractivity contribution is -0.137. The van der Waals surface area contributed by atoms with Crippen molar-refractivity contribution in [3.8, 4) is 11.5 Å². The summed E-state index contributed by atoms with van der Waals surface area (Å²) in [6, 6.07) is 5.87. The van der Waals surface area contributed by atoms with Gasteiger partial charge in [0.05, 0.1) is 17.9 Å². The van der Waals surface area contributed by atoms with Gasteiger partial charge in [0.25, 0.3) is 0 Å². The largest absolute Gasteiger partial charge is 0.503 e. The van der Waals surface area contributed by atoms with E-state index in [2.05, 4.69) is 10.2 Å². The molecule has 0 unspecified atom stereocenters. The van der Waals surface area contributed by atoms with Crippen LogP contribution in [0, 0.1) is 0 Å². The summed E-state index contributed by atoms with van der Waals surface area (Å²) in [5.74, 6) is -0.295. The molecular weight excluding hydrogens is 301 g/mol. The normalized spacial score (nSPS) is 11.4. The molecule has 8 heteroatoms. The number of nitrogens with one attached hydrogen (secondary N) is 1. The van der Waals surface area contributed by atoms with Crippen LogP contribution in [0.15, 0.2) is 35.1 Å². The molecule has 0 bridgehead atoms. The second kappa shape index (κ2) is 6.50. The molecule has 2 N–H and O–H groups in total. The van der Waals surface area contributed by atoms with Gasteiger partial charge in [0.1, 0.15) is 5.75 Å². The van der Waals surface area contributed by atoms with Crippen molar-refractivity contribution in [2.75, 3.05) is 6.61 Å². The predicted octanol–water partition coefficient (Wildman–Crippen LogP) is 2.51. The lowest BCUT2D eigenvalue weighted by Gasteiger charge is -2.10. The van der Waals surface area contributed by atoms with Crippen molar-refractivity contribution in [2.45, 2.75) is 19.0 Å². The van der Waals surface area contributed by atoms with Crippen LogP contribution in [0.4, 0.5) is 13.2 Å². The first-order valence-electron chi connectivity index (χ1n) is 6.44. The molecule has 0 amide bonds. The maximum absolute atomic E-state index is 12.5. The van der Waals surface area contributed by atoms with E-state index in [1.54, 1.807) is 0 Å². The summed E-state index contributed by atoms with van der Waals surface area (Å²) in [6.07, 6.45) is -3.53. The second-order valence-corrected chi connectivity index (χ2v) is 4.55. The van der Waals surface area contributed by atoms with E-state index < -0.39 is 23.0 Å². The van der Waals surface area contributed by atoms with E-state index >= 15 is 0 Å². The third-order valence-electron chi connectivity index (χ3n) is 2.84. The number of hydrogen-bond acceptors (Lipinski definition) is 4. The molecule has 22 heavy (non-hydrogen) atoms. The fourth-order valence-electron chi connectivity index (χ4n) is 1.77. The number of alkyl halides is 3. The first-order chi connectivity index (χ1) is 10.4. The topological polar surface area (TPSA) is 75.2 Å². The van der Waals surface area contributed by atoms with Gasteiger partial charge in [0, 0.05) is 6.07 Å². The minimum atomic E-state index is -4.41. The van der Waals surface area contributed by atoms with Crippen molar-refractivity contribution in [3.63, 3.8) is 0 Å². The summed E-state index contributed by atoms with van der Waals surface area (Å²) < 4.78 is 42.8. The van der Waals surface area contributed by atoms with Crippen LogP contribution in [0.3, 0.4) is 0 Å². The molecule has 1 heterocycles. The Hall–Kier alpha value is -2.51. The minimum Gasteiger partial charge on any atom is -0.503 e. The van der Waals surface area contributed by atoms with Crippen molar-refractivity contribution in [1.29, 1.82) is 0 Å². The third-order valence-corrected chi connectivity index (χ3v) is 2.84. The predicted molar refractivity (Wildman–Crippen MR) is 71.8 cm³/mol. The van der Waals surface area contributed by atoms with Crippen LogP contribution in [0.2, 0.25) is 0 Å². The quantitative estimate of drug-likeness (QED) is 0.832. The lowest BCUT2D eigenvalue weighted by Crippen LogP contribution is -2.10. The van der Waals surface area contributed by atoms with Crippen LogP contribution in [0.25, 0.3) is 0 Å². The number of benzene rings is 1. The molecule has 0 aliphatic carbocycles. The number of hydrogen-bond donors (Lipinski definition) is 2. The van der Waals surface area contributed by atoms with Crippen LogP contribution in [0.5, 0.6) is 11.5 Å². The molecule has 5 nitrogen and oxygen atoms in total. The number of aromatic hydroxyl groups is 1. The SMILES string of the molecule is O=c1[nH]nc(CCCOc2cccc(C(F)(F)F)c2)cc1O. The van der Waals surface area contributed by atoms with E-state index in [0.717, 1.165) is 12.1 Å². The summed E-state index contributed by atoms with van der Waals surface area (Å²) in [4.78, 5) is 10.9. The summed E-state index contributed by atoms with van der Waals surface area (Å²) >= 11 is 0. The Kier molecular flexibility index (Phi) is 4.69. The highest BCUT2D eigenvalue weighted by atomic mass is 19.4. The first kappa shape index (κ1) is 15.9.